The molecule has 0 aromatic rings. The van der Waals surface area contributed by atoms with Gasteiger partial charge in [0.2, 0.25) is 0 Å². The highest BCUT2D eigenvalue weighted by molar-refractivity contribution is 5.66. The SMILES string of the molecule is CCCCCCCCCCC(O)C[N+](CCCC)(CCCC)CCC(=O)O. The van der Waals surface area contributed by atoms with Crippen LogP contribution in [-0.4, -0.2) is 52.9 Å². The van der Waals surface area contributed by atoms with Gasteiger partial charge in [-0.2, -0.15) is 0 Å². The molecule has 0 aromatic carbocycles. The van der Waals surface area contributed by atoms with Gasteiger partial charge in [-0.3, -0.25) is 4.79 Å². The molecule has 0 rings (SSSR count). The van der Waals surface area contributed by atoms with Crippen molar-refractivity contribution >= 4 is 5.97 Å². The van der Waals surface area contributed by atoms with Crippen LogP contribution in [0, 0.1) is 0 Å². The second kappa shape index (κ2) is 17.5. The predicted octanol–water partition coefficient (Wildman–Crippen LogP) is 5.77. The average Bonchev–Trinajstić information content (AvgIpc) is 2.65. The third kappa shape index (κ3) is 15.0. The van der Waals surface area contributed by atoms with Gasteiger partial charge in [-0.15, -0.1) is 0 Å². The van der Waals surface area contributed by atoms with Crippen molar-refractivity contribution in [1.29, 1.82) is 0 Å². The summed E-state index contributed by atoms with van der Waals surface area (Å²) >= 11 is 0. The highest BCUT2D eigenvalue weighted by Gasteiger charge is 2.30. The molecule has 0 saturated carbocycles. The predicted molar refractivity (Wildman–Crippen MR) is 115 cm³/mol. The average molecular weight is 387 g/mol. The van der Waals surface area contributed by atoms with Crippen molar-refractivity contribution in [2.24, 2.45) is 0 Å². The zero-order valence-electron chi connectivity index (χ0n) is 18.6. The highest BCUT2D eigenvalue weighted by atomic mass is 16.4. The van der Waals surface area contributed by atoms with E-state index < -0.39 is 5.97 Å². The molecular weight excluding hydrogens is 338 g/mol. The van der Waals surface area contributed by atoms with Gasteiger partial charge in [-0.25, -0.2) is 0 Å². The Labute approximate surface area is 168 Å². The minimum Gasteiger partial charge on any atom is -0.481 e. The zero-order chi connectivity index (χ0) is 20.4. The van der Waals surface area contributed by atoms with Gasteiger partial charge in [0.05, 0.1) is 26.1 Å². The molecule has 2 N–H and O–H groups in total. The molecule has 0 heterocycles. The molecule has 0 spiro atoms. The first-order valence-electron chi connectivity index (χ1n) is 11.7. The van der Waals surface area contributed by atoms with Crippen molar-refractivity contribution in [2.75, 3.05) is 26.2 Å². The summed E-state index contributed by atoms with van der Waals surface area (Å²) in [6, 6.07) is 0. The van der Waals surface area contributed by atoms with E-state index in [0.29, 0.717) is 6.54 Å². The van der Waals surface area contributed by atoms with Crippen LogP contribution in [0.5, 0.6) is 0 Å². The molecule has 1 atom stereocenters. The molecule has 0 amide bonds. The van der Waals surface area contributed by atoms with Crippen LogP contribution in [-0.2, 0) is 4.79 Å². The van der Waals surface area contributed by atoms with Crippen LogP contribution >= 0.6 is 0 Å². The lowest BCUT2D eigenvalue weighted by Gasteiger charge is -2.40. The Balaban J connectivity index is 4.39. The first-order chi connectivity index (χ1) is 13.0. The minimum absolute atomic E-state index is 0.206. The molecular formula is C23H48NO3+. The summed E-state index contributed by atoms with van der Waals surface area (Å²) in [5, 5.41) is 19.8. The molecule has 0 aliphatic heterocycles. The number of carbonyl (C=O) groups is 1. The van der Waals surface area contributed by atoms with Crippen molar-refractivity contribution in [3.8, 4) is 0 Å². The van der Waals surface area contributed by atoms with Crippen molar-refractivity contribution < 1.29 is 19.5 Å². The summed E-state index contributed by atoms with van der Waals surface area (Å²) in [6.45, 7) is 9.99. The van der Waals surface area contributed by atoms with E-state index >= 15 is 0 Å². The topological polar surface area (TPSA) is 57.5 Å². The zero-order valence-corrected chi connectivity index (χ0v) is 18.6. The fourth-order valence-corrected chi connectivity index (χ4v) is 3.98. The molecule has 0 fully saturated rings. The molecule has 4 heteroatoms. The van der Waals surface area contributed by atoms with Crippen molar-refractivity contribution in [2.45, 2.75) is 117 Å². The van der Waals surface area contributed by atoms with E-state index in [1.165, 1.54) is 44.9 Å². The van der Waals surface area contributed by atoms with Gasteiger partial charge in [0, 0.05) is 0 Å². The van der Waals surface area contributed by atoms with Crippen LogP contribution in [0.25, 0.3) is 0 Å². The number of rotatable bonds is 20. The second-order valence-electron chi connectivity index (χ2n) is 8.46. The number of carboxylic acid groups (broad SMARTS) is 1. The molecule has 1 unspecified atom stereocenters. The Bertz CT molecular complexity index is 339. The number of hydrogen-bond acceptors (Lipinski definition) is 2. The van der Waals surface area contributed by atoms with Crippen LogP contribution in [0.3, 0.4) is 0 Å². The second-order valence-corrected chi connectivity index (χ2v) is 8.46. The van der Waals surface area contributed by atoms with Crippen LogP contribution < -0.4 is 0 Å². The summed E-state index contributed by atoms with van der Waals surface area (Å²) in [5.41, 5.74) is 0. The van der Waals surface area contributed by atoms with E-state index in [2.05, 4.69) is 20.8 Å². The standard InChI is InChI=1S/C23H47NO3/c1-4-7-10-11-12-13-14-15-16-22(25)21-24(18-8-5-2,19-9-6-3)20-17-23(26)27/h22,25H,4-21H2,1-3H3/p+1. The summed E-state index contributed by atoms with van der Waals surface area (Å²) in [7, 11) is 0. The van der Waals surface area contributed by atoms with Gasteiger partial charge in [-0.1, -0.05) is 85.0 Å². The van der Waals surface area contributed by atoms with E-state index in [1.807, 2.05) is 0 Å². The van der Waals surface area contributed by atoms with Crippen LogP contribution in [0.15, 0.2) is 0 Å². The fraction of sp³-hybridized carbons (Fsp3) is 0.957. The van der Waals surface area contributed by atoms with E-state index in [9.17, 15) is 9.90 Å². The molecule has 0 aliphatic carbocycles. The van der Waals surface area contributed by atoms with Gasteiger partial charge in [0.1, 0.15) is 12.6 Å². The maximum Gasteiger partial charge on any atom is 0.309 e. The number of nitrogens with zero attached hydrogens (tertiary/aromatic N) is 1. The van der Waals surface area contributed by atoms with E-state index in [1.54, 1.807) is 0 Å². The summed E-state index contributed by atoms with van der Waals surface area (Å²) in [4.78, 5) is 11.1. The molecule has 4 nitrogen and oxygen atoms in total. The van der Waals surface area contributed by atoms with Gasteiger partial charge < -0.3 is 14.7 Å². The van der Waals surface area contributed by atoms with E-state index in [-0.39, 0.29) is 12.5 Å². The van der Waals surface area contributed by atoms with Gasteiger partial charge >= 0.3 is 5.97 Å². The Hall–Kier alpha value is -0.610. The quantitative estimate of drug-likeness (QED) is 0.206. The lowest BCUT2D eigenvalue weighted by molar-refractivity contribution is -0.931. The Morgan fingerprint density at radius 1 is 0.741 bits per heavy atom. The molecule has 0 aliphatic rings. The third-order valence-electron chi connectivity index (χ3n) is 5.76. The summed E-state index contributed by atoms with van der Waals surface area (Å²) in [6.07, 6.45) is 15.5. The van der Waals surface area contributed by atoms with Gasteiger partial charge in [-0.05, 0) is 19.3 Å². The monoisotopic (exact) mass is 386 g/mol. The number of carboxylic acids is 1. The normalized spacial score (nSPS) is 13.0. The first-order valence-corrected chi connectivity index (χ1v) is 11.7. The number of unbranched alkanes of at least 4 members (excludes halogenated alkanes) is 9. The van der Waals surface area contributed by atoms with Crippen molar-refractivity contribution in [1.82, 2.24) is 0 Å². The third-order valence-corrected chi connectivity index (χ3v) is 5.76. The Morgan fingerprint density at radius 3 is 1.70 bits per heavy atom. The molecule has 27 heavy (non-hydrogen) atoms. The highest BCUT2D eigenvalue weighted by Crippen LogP contribution is 2.18. The van der Waals surface area contributed by atoms with Crippen LogP contribution in [0.2, 0.25) is 0 Å². The number of aliphatic hydroxyl groups is 1. The minimum atomic E-state index is -0.719. The lowest BCUT2D eigenvalue weighted by atomic mass is 10.0. The van der Waals surface area contributed by atoms with Crippen molar-refractivity contribution in [3.05, 3.63) is 0 Å². The smallest absolute Gasteiger partial charge is 0.309 e. The Kier molecular flexibility index (Phi) is 17.1. The molecule has 162 valence electrons. The lowest BCUT2D eigenvalue weighted by Crippen LogP contribution is -2.54. The fourth-order valence-electron chi connectivity index (χ4n) is 3.98. The van der Waals surface area contributed by atoms with Crippen LogP contribution in [0.4, 0.5) is 0 Å². The molecule has 0 bridgehead atoms. The van der Waals surface area contributed by atoms with E-state index in [0.717, 1.165) is 62.6 Å². The first kappa shape index (κ1) is 26.4. The maximum absolute atomic E-state index is 11.1. The number of hydrogen-bond donors (Lipinski definition) is 2. The Morgan fingerprint density at radius 2 is 1.22 bits per heavy atom. The number of aliphatic hydroxyl groups excluding tert-OH is 1. The number of aliphatic carboxylic acids is 1. The van der Waals surface area contributed by atoms with Gasteiger partial charge in [0.25, 0.3) is 0 Å². The number of quaternary nitrogens is 1. The summed E-state index contributed by atoms with van der Waals surface area (Å²) in [5.74, 6) is -0.719. The maximum atomic E-state index is 11.1. The molecule has 0 aromatic heterocycles. The summed E-state index contributed by atoms with van der Waals surface area (Å²) < 4.78 is 0.784. The molecule has 0 saturated heterocycles. The van der Waals surface area contributed by atoms with Crippen LogP contribution in [0.1, 0.15) is 111 Å². The van der Waals surface area contributed by atoms with Gasteiger partial charge in [0.15, 0.2) is 0 Å². The largest absolute Gasteiger partial charge is 0.481 e. The van der Waals surface area contributed by atoms with E-state index in [4.69, 9.17) is 5.11 Å². The van der Waals surface area contributed by atoms with Crippen molar-refractivity contribution in [3.63, 3.8) is 0 Å². The molecule has 0 radical (unpaired) electrons.